The molecule has 0 spiro atoms. The maximum Gasteiger partial charge on any atom is 0.180 e. The molecule has 46 heavy (non-hydrogen) atoms. The van der Waals surface area contributed by atoms with Gasteiger partial charge in [0.2, 0.25) is 0 Å². The first-order valence-corrected chi connectivity index (χ1v) is 17.0. The van der Waals surface area contributed by atoms with Crippen molar-refractivity contribution in [1.82, 2.24) is 9.38 Å². The van der Waals surface area contributed by atoms with Crippen LogP contribution in [0.4, 0.5) is 11.4 Å². The highest BCUT2D eigenvalue weighted by atomic mass is 16.5. The molecule has 1 fully saturated rings. The molecule has 3 aliphatic rings. The van der Waals surface area contributed by atoms with Gasteiger partial charge in [0.05, 0.1) is 45.7 Å². The fourth-order valence-corrected chi connectivity index (χ4v) is 8.21. The van der Waals surface area contributed by atoms with Gasteiger partial charge < -0.3 is 18.9 Å². The molecule has 6 heteroatoms. The van der Waals surface area contributed by atoms with Gasteiger partial charge in [-0.15, -0.1) is 0 Å². The van der Waals surface area contributed by atoms with E-state index in [0.717, 1.165) is 83.0 Å². The van der Waals surface area contributed by atoms with E-state index < -0.39 is 0 Å². The molecule has 4 aromatic carbocycles. The molecule has 3 heterocycles. The lowest BCUT2D eigenvalue weighted by Crippen LogP contribution is -2.62. The Kier molecular flexibility index (Phi) is 9.40. The summed E-state index contributed by atoms with van der Waals surface area (Å²) >= 11 is 0. The molecule has 0 radical (unpaired) electrons. The fourth-order valence-electron chi connectivity index (χ4n) is 8.21. The first-order valence-electron chi connectivity index (χ1n) is 17.0. The lowest BCUT2D eigenvalue weighted by atomic mass is 9.91. The van der Waals surface area contributed by atoms with Crippen LogP contribution in [0.15, 0.2) is 97.1 Å². The van der Waals surface area contributed by atoms with Crippen LogP contribution >= 0.6 is 0 Å². The predicted octanol–water partition coefficient (Wildman–Crippen LogP) is 7.83. The van der Waals surface area contributed by atoms with Crippen LogP contribution in [0.25, 0.3) is 0 Å². The summed E-state index contributed by atoms with van der Waals surface area (Å²) in [5.74, 6) is 1.83. The van der Waals surface area contributed by atoms with Crippen molar-refractivity contribution in [2.45, 2.75) is 50.4 Å². The zero-order valence-corrected chi connectivity index (χ0v) is 27.3. The molecule has 0 saturated carbocycles. The first kappa shape index (κ1) is 30.9. The highest BCUT2D eigenvalue weighted by Crippen LogP contribution is 2.47. The highest BCUT2D eigenvalue weighted by molar-refractivity contribution is 5.70. The van der Waals surface area contributed by atoms with Crippen molar-refractivity contribution in [2.75, 3.05) is 53.6 Å². The average Bonchev–Trinajstić information content (AvgIpc) is 3.13. The number of piperazine rings is 1. The summed E-state index contributed by atoms with van der Waals surface area (Å²) in [5, 5.41) is 0. The molecule has 0 aliphatic carbocycles. The third-order valence-electron chi connectivity index (χ3n) is 10.5. The Morgan fingerprint density at radius 1 is 0.652 bits per heavy atom. The Bertz CT molecular complexity index is 1570. The number of ether oxygens (including phenoxy) is 4. The van der Waals surface area contributed by atoms with Gasteiger partial charge in [-0.25, -0.2) is 4.48 Å². The van der Waals surface area contributed by atoms with Crippen molar-refractivity contribution >= 4 is 11.4 Å². The van der Waals surface area contributed by atoms with E-state index in [9.17, 15) is 0 Å². The lowest BCUT2D eigenvalue weighted by Gasteiger charge is -2.49. The number of rotatable bonds is 10. The normalized spacial score (nSPS) is 22.4. The van der Waals surface area contributed by atoms with Gasteiger partial charge in [-0.2, -0.15) is 0 Å². The second-order valence-corrected chi connectivity index (χ2v) is 12.9. The molecule has 0 bridgehead atoms. The van der Waals surface area contributed by atoms with Crippen LogP contribution in [0.2, 0.25) is 0 Å². The quantitative estimate of drug-likeness (QED) is 0.169. The molecule has 240 valence electrons. The third kappa shape index (κ3) is 6.07. The van der Waals surface area contributed by atoms with Gasteiger partial charge in [0.15, 0.2) is 22.9 Å². The molecule has 3 aliphatic heterocycles. The summed E-state index contributed by atoms with van der Waals surface area (Å²) in [6, 6.07) is 35.1. The fraction of sp³-hybridized carbons (Fsp3) is 0.400. The molecular weight excluding hydrogens is 572 g/mol. The summed E-state index contributed by atoms with van der Waals surface area (Å²) in [6.07, 6.45) is 5.27. The maximum absolute atomic E-state index is 6.44. The van der Waals surface area contributed by atoms with Crippen molar-refractivity contribution in [3.05, 3.63) is 119 Å². The maximum atomic E-state index is 6.44. The van der Waals surface area contributed by atoms with Crippen molar-refractivity contribution in [3.63, 3.8) is 0 Å². The van der Waals surface area contributed by atoms with E-state index >= 15 is 0 Å². The van der Waals surface area contributed by atoms with E-state index in [0.29, 0.717) is 10.5 Å². The minimum absolute atomic E-state index is 0.127. The number of hydrogen-bond acceptors (Lipinski definition) is 5. The third-order valence-corrected chi connectivity index (χ3v) is 10.5. The molecule has 1 saturated heterocycles. The minimum atomic E-state index is 0.127. The van der Waals surface area contributed by atoms with Crippen LogP contribution in [0.5, 0.6) is 11.5 Å². The van der Waals surface area contributed by atoms with Gasteiger partial charge in [-0.1, -0.05) is 72.8 Å². The largest absolute Gasteiger partial charge is 0.491 e. The second-order valence-electron chi connectivity index (χ2n) is 12.9. The van der Waals surface area contributed by atoms with E-state index in [-0.39, 0.29) is 12.2 Å². The molecule has 0 amide bonds. The summed E-state index contributed by atoms with van der Waals surface area (Å²) in [4.78, 5) is 2.73. The Morgan fingerprint density at radius 3 is 1.76 bits per heavy atom. The van der Waals surface area contributed by atoms with Gasteiger partial charge in [-0.05, 0) is 66.5 Å². The SMILES string of the molecule is COc1ccccc1[N+]1(c2ccccc2OC)CCN(CCC2OCCc3ccccc32)C(CCC2OCCc3ccccc32)C1. The molecule has 0 N–H and O–H groups in total. The van der Waals surface area contributed by atoms with Crippen molar-refractivity contribution in [1.29, 1.82) is 0 Å². The minimum Gasteiger partial charge on any atom is -0.491 e. The summed E-state index contributed by atoms with van der Waals surface area (Å²) in [6.45, 7) is 5.36. The smallest absolute Gasteiger partial charge is 0.180 e. The van der Waals surface area contributed by atoms with Crippen LogP contribution in [-0.4, -0.2) is 64.6 Å². The van der Waals surface area contributed by atoms with Crippen LogP contribution in [0, 0.1) is 0 Å². The molecule has 4 aromatic rings. The lowest BCUT2D eigenvalue weighted by molar-refractivity contribution is 0.00806. The molecule has 3 unspecified atom stereocenters. The summed E-state index contributed by atoms with van der Waals surface area (Å²) < 4.78 is 25.6. The topological polar surface area (TPSA) is 40.2 Å². The van der Waals surface area contributed by atoms with Gasteiger partial charge in [0.1, 0.15) is 13.1 Å². The summed E-state index contributed by atoms with van der Waals surface area (Å²) in [7, 11) is 3.57. The van der Waals surface area contributed by atoms with Gasteiger partial charge >= 0.3 is 0 Å². The molecule has 0 aromatic heterocycles. The average molecular weight is 620 g/mol. The van der Waals surface area contributed by atoms with E-state index in [1.165, 1.54) is 33.6 Å². The zero-order valence-electron chi connectivity index (χ0n) is 27.3. The van der Waals surface area contributed by atoms with Crippen LogP contribution in [0.1, 0.15) is 53.7 Å². The molecule has 7 rings (SSSR count). The number of para-hydroxylation sites is 4. The molecule has 6 nitrogen and oxygen atoms in total. The van der Waals surface area contributed by atoms with Crippen LogP contribution in [-0.2, 0) is 22.3 Å². The van der Waals surface area contributed by atoms with Gasteiger partial charge in [0.25, 0.3) is 0 Å². The number of methoxy groups -OCH3 is 2. The van der Waals surface area contributed by atoms with Crippen molar-refractivity contribution in [2.24, 2.45) is 0 Å². The van der Waals surface area contributed by atoms with E-state index in [1.807, 2.05) is 0 Å². The van der Waals surface area contributed by atoms with Crippen molar-refractivity contribution in [3.8, 4) is 11.5 Å². The van der Waals surface area contributed by atoms with Gasteiger partial charge in [-0.3, -0.25) is 4.90 Å². The number of hydrogen-bond donors (Lipinski definition) is 0. The Hall–Kier alpha value is -3.68. The summed E-state index contributed by atoms with van der Waals surface area (Å²) in [5.41, 5.74) is 7.96. The molecular formula is C40H47N2O4+. The van der Waals surface area contributed by atoms with E-state index in [1.54, 1.807) is 14.2 Å². The Balaban J connectivity index is 1.22. The zero-order chi connectivity index (χ0) is 31.3. The van der Waals surface area contributed by atoms with E-state index in [2.05, 4.69) is 102 Å². The standard InChI is InChI=1S/C40H47N2O4/c1-43-39-17-9-7-15-35(39)42(36-16-8-10-18-40(36)44-2)26-25-41(24-21-38-34-14-6-4-12-31(34)23-28-46-38)32(29-42)19-20-37-33-13-5-3-11-30(33)22-27-45-37/h3-18,32,37-38H,19-29H2,1-2H3/q+1. The first-order chi connectivity index (χ1) is 22.7. The van der Waals surface area contributed by atoms with Crippen LogP contribution in [0.3, 0.4) is 0 Å². The molecule has 3 atom stereocenters. The number of nitrogens with zero attached hydrogens (tertiary/aromatic N) is 2. The van der Waals surface area contributed by atoms with E-state index in [4.69, 9.17) is 18.9 Å². The monoisotopic (exact) mass is 619 g/mol. The highest BCUT2D eigenvalue weighted by Gasteiger charge is 2.46. The Labute approximate surface area is 274 Å². The number of quaternary nitrogens is 1. The Morgan fingerprint density at radius 2 is 1.17 bits per heavy atom. The second kappa shape index (κ2) is 14.0. The van der Waals surface area contributed by atoms with Gasteiger partial charge in [0, 0.05) is 25.2 Å². The number of fused-ring (bicyclic) bond motifs is 2. The predicted molar refractivity (Wildman–Crippen MR) is 184 cm³/mol. The van der Waals surface area contributed by atoms with Crippen LogP contribution < -0.4 is 14.0 Å². The number of benzene rings is 4. The van der Waals surface area contributed by atoms with Crippen molar-refractivity contribution < 1.29 is 18.9 Å².